The third-order valence-corrected chi connectivity index (χ3v) is 0. The van der Waals surface area contributed by atoms with Crippen LogP contribution in [0.15, 0.2) is 0 Å². The van der Waals surface area contributed by atoms with E-state index < -0.39 is 20.3 Å². The van der Waals surface area contributed by atoms with Crippen LogP contribution in [-0.4, -0.2) is 31.3 Å². The minimum Gasteiger partial charge on any atom is -0.412 e. The Hall–Kier alpha value is -2.40. The zero-order valence-electron chi connectivity index (χ0n) is 8.19. The van der Waals surface area contributed by atoms with E-state index in [-0.39, 0.29) is 37.2 Å². The van der Waals surface area contributed by atoms with E-state index in [1.54, 1.807) is 0 Å². The molecular formula is H4N4O14Zr. The number of hydrogen-bond acceptors (Lipinski definition) is 12. The molecule has 0 atom stereocenters. The van der Waals surface area contributed by atoms with Crippen LogP contribution in [0.4, 0.5) is 0 Å². The molecule has 19 heavy (non-hydrogen) atoms. The Morgan fingerprint density at radius 1 is 0.421 bits per heavy atom. The summed E-state index contributed by atoms with van der Waals surface area (Å²) in [7, 11) is 0. The maximum Gasteiger partial charge on any atom is 4.00 e. The Labute approximate surface area is 119 Å². The second-order valence-corrected chi connectivity index (χ2v) is 0.894. The molecule has 0 aliphatic rings. The van der Waals surface area contributed by atoms with Crippen molar-refractivity contribution in [2.24, 2.45) is 0 Å². The van der Waals surface area contributed by atoms with Gasteiger partial charge >= 0.3 is 26.2 Å². The van der Waals surface area contributed by atoms with Gasteiger partial charge in [0.1, 0.15) is 0 Å². The standard InChI is InChI=1S/4NO3.2H2O.Zr/c4*2-1(3)4;;;/h;;;;2*1H2;/q4*-1;;;+4. The van der Waals surface area contributed by atoms with Crippen molar-refractivity contribution in [3.63, 3.8) is 0 Å². The van der Waals surface area contributed by atoms with E-state index in [1.807, 2.05) is 0 Å². The van der Waals surface area contributed by atoms with E-state index in [4.69, 9.17) is 61.3 Å². The summed E-state index contributed by atoms with van der Waals surface area (Å²) in [5.41, 5.74) is 0. The quantitative estimate of drug-likeness (QED) is 0.310. The molecular weight excluding hydrogens is 371 g/mol. The fraction of sp³-hybridized carbons (Fsp3) is 0. The van der Waals surface area contributed by atoms with Crippen molar-refractivity contribution >= 4 is 0 Å². The summed E-state index contributed by atoms with van der Waals surface area (Å²) in [5, 5.41) is 59.0. The van der Waals surface area contributed by atoms with E-state index in [2.05, 4.69) is 0 Å². The maximum absolute atomic E-state index is 8.25. The first-order chi connectivity index (χ1) is 6.93. The summed E-state index contributed by atoms with van der Waals surface area (Å²) in [5.74, 6) is 0. The van der Waals surface area contributed by atoms with Crippen molar-refractivity contribution in [2.75, 3.05) is 0 Å². The fourth-order valence-corrected chi connectivity index (χ4v) is 0. The monoisotopic (exact) mass is 374 g/mol. The van der Waals surface area contributed by atoms with Crippen molar-refractivity contribution in [2.45, 2.75) is 0 Å². The fourth-order valence-electron chi connectivity index (χ4n) is 0. The van der Waals surface area contributed by atoms with Gasteiger partial charge in [0.2, 0.25) is 0 Å². The second kappa shape index (κ2) is 36.1. The predicted molar refractivity (Wildman–Crippen MR) is 48.7 cm³/mol. The maximum atomic E-state index is 8.25. The first-order valence-corrected chi connectivity index (χ1v) is 2.19. The molecule has 0 fully saturated rings. The van der Waals surface area contributed by atoms with Crippen LogP contribution in [-0.2, 0) is 26.2 Å². The normalized spacial score (nSPS) is 5.05. The molecule has 0 unspecified atom stereocenters. The molecule has 0 amide bonds. The average molecular weight is 375 g/mol. The second-order valence-electron chi connectivity index (χ2n) is 0.894. The Balaban J connectivity index is -0.0000000192. The molecule has 0 bridgehead atoms. The van der Waals surface area contributed by atoms with Crippen molar-refractivity contribution in [3.05, 3.63) is 61.3 Å². The van der Waals surface area contributed by atoms with Crippen LogP contribution < -0.4 is 0 Å². The summed E-state index contributed by atoms with van der Waals surface area (Å²) in [6, 6.07) is 0. The molecule has 0 saturated carbocycles. The zero-order chi connectivity index (χ0) is 14.3. The van der Waals surface area contributed by atoms with Crippen molar-refractivity contribution in [1.29, 1.82) is 0 Å². The third kappa shape index (κ3) is 503. The Bertz CT molecular complexity index is 159. The van der Waals surface area contributed by atoms with Gasteiger partial charge in [-0.1, -0.05) is 0 Å². The SMILES string of the molecule is O.O.O=[N+]([O-])[O-].O=[N+]([O-])[O-].O=[N+]([O-])[O-].O=[N+]([O-])[O-].[Zr+4]. The van der Waals surface area contributed by atoms with Crippen LogP contribution >= 0.6 is 0 Å². The van der Waals surface area contributed by atoms with Gasteiger partial charge in [-0.15, -0.1) is 0 Å². The Kier molecular flexibility index (Phi) is 83.2. The third-order valence-electron chi connectivity index (χ3n) is 0. The first-order valence-electron chi connectivity index (χ1n) is 2.19. The molecule has 0 aliphatic heterocycles. The van der Waals surface area contributed by atoms with E-state index in [9.17, 15) is 0 Å². The van der Waals surface area contributed by atoms with E-state index in [0.717, 1.165) is 0 Å². The van der Waals surface area contributed by atoms with Gasteiger partial charge in [0.25, 0.3) is 0 Å². The molecule has 0 rings (SSSR count). The van der Waals surface area contributed by atoms with Crippen molar-refractivity contribution < 1.29 is 57.5 Å². The molecule has 0 radical (unpaired) electrons. The topological polar surface area (TPSA) is 328 Å². The van der Waals surface area contributed by atoms with E-state index in [0.29, 0.717) is 0 Å². The summed E-state index contributed by atoms with van der Waals surface area (Å²) < 4.78 is 0. The van der Waals surface area contributed by atoms with Gasteiger partial charge in [-0.2, -0.15) is 0 Å². The van der Waals surface area contributed by atoms with Crippen LogP contribution in [0.25, 0.3) is 0 Å². The summed E-state index contributed by atoms with van der Waals surface area (Å²) >= 11 is 0. The molecule has 0 aromatic rings. The van der Waals surface area contributed by atoms with Gasteiger partial charge in [-0.25, -0.2) is 0 Å². The van der Waals surface area contributed by atoms with Crippen LogP contribution in [0.5, 0.6) is 0 Å². The minimum absolute atomic E-state index is 0. The number of rotatable bonds is 0. The summed E-state index contributed by atoms with van der Waals surface area (Å²) in [6.45, 7) is 0. The van der Waals surface area contributed by atoms with Crippen LogP contribution in [0.3, 0.4) is 0 Å². The smallest absolute Gasteiger partial charge is 0.412 e. The summed E-state index contributed by atoms with van der Waals surface area (Å²) in [6.07, 6.45) is 0. The Morgan fingerprint density at radius 2 is 0.421 bits per heavy atom. The van der Waals surface area contributed by atoms with Crippen LogP contribution in [0.2, 0.25) is 0 Å². The number of nitrogens with zero attached hydrogens (tertiary/aromatic N) is 4. The minimum atomic E-state index is -1.75. The molecule has 4 N–H and O–H groups in total. The molecule has 112 valence electrons. The number of hydrogen-bond donors (Lipinski definition) is 0. The van der Waals surface area contributed by atoms with Gasteiger partial charge < -0.3 is 72.2 Å². The van der Waals surface area contributed by atoms with Gasteiger partial charge in [-0.05, 0) is 0 Å². The largest absolute Gasteiger partial charge is 4.00 e. The first kappa shape index (κ1) is 43.8. The molecule has 0 heterocycles. The summed E-state index contributed by atoms with van der Waals surface area (Å²) in [4.78, 5) is 33.0. The molecule has 19 heteroatoms. The predicted octanol–water partition coefficient (Wildman–Crippen LogP) is -2.61. The van der Waals surface area contributed by atoms with Crippen LogP contribution in [0, 0.1) is 61.3 Å². The van der Waals surface area contributed by atoms with Gasteiger partial charge in [0, 0.05) is 0 Å². The molecule has 0 aromatic heterocycles. The molecule has 0 aliphatic carbocycles. The molecule has 18 nitrogen and oxygen atoms in total. The zero-order valence-corrected chi connectivity index (χ0v) is 10.6. The van der Waals surface area contributed by atoms with Crippen molar-refractivity contribution in [1.82, 2.24) is 0 Å². The van der Waals surface area contributed by atoms with Gasteiger partial charge in [-0.3, -0.25) is 0 Å². The van der Waals surface area contributed by atoms with Gasteiger partial charge in [0.05, 0.1) is 20.3 Å². The van der Waals surface area contributed by atoms with Crippen LogP contribution in [0.1, 0.15) is 0 Å². The van der Waals surface area contributed by atoms with Gasteiger partial charge in [0.15, 0.2) is 0 Å². The van der Waals surface area contributed by atoms with E-state index >= 15 is 0 Å². The Morgan fingerprint density at radius 3 is 0.421 bits per heavy atom. The average Bonchev–Trinajstić information content (AvgIpc) is 1.76. The van der Waals surface area contributed by atoms with Crippen molar-refractivity contribution in [3.8, 4) is 0 Å². The molecule has 0 saturated heterocycles. The van der Waals surface area contributed by atoms with E-state index in [1.165, 1.54) is 0 Å². The molecule has 0 spiro atoms. The molecule has 0 aromatic carbocycles.